The molecule has 1 aliphatic heterocycles. The molecule has 0 atom stereocenters. The van der Waals surface area contributed by atoms with Crippen molar-refractivity contribution in [2.24, 2.45) is 0 Å². The summed E-state index contributed by atoms with van der Waals surface area (Å²) in [4.78, 5) is 28.5. The first kappa shape index (κ1) is 22.9. The maximum absolute atomic E-state index is 12.7. The Kier molecular flexibility index (Phi) is 5.74. The quantitative estimate of drug-likeness (QED) is 0.464. The van der Waals surface area contributed by atoms with Crippen LogP contribution in [-0.2, 0) is 14.8 Å². The monoisotopic (exact) mass is 483 g/mol. The lowest BCUT2D eigenvalue weighted by Gasteiger charge is -2.48. The van der Waals surface area contributed by atoms with E-state index in [0.717, 1.165) is 9.69 Å². The maximum Gasteiger partial charge on any atom is 0.405 e. The fourth-order valence-corrected chi connectivity index (χ4v) is 4.71. The van der Waals surface area contributed by atoms with E-state index < -0.39 is 34.2 Å². The summed E-state index contributed by atoms with van der Waals surface area (Å²) in [5.74, 6) is -0.713. The van der Waals surface area contributed by atoms with Crippen molar-refractivity contribution in [1.29, 1.82) is 0 Å². The molecule has 1 aliphatic rings. The van der Waals surface area contributed by atoms with Crippen molar-refractivity contribution in [2.75, 3.05) is 30.7 Å². The van der Waals surface area contributed by atoms with Crippen molar-refractivity contribution in [1.82, 2.24) is 29.6 Å². The van der Waals surface area contributed by atoms with Crippen LogP contribution in [0.15, 0.2) is 36.8 Å². The van der Waals surface area contributed by atoms with E-state index in [-0.39, 0.29) is 24.7 Å². The summed E-state index contributed by atoms with van der Waals surface area (Å²) in [6, 6.07) is 5.02. The highest BCUT2D eigenvalue weighted by Crippen LogP contribution is 2.30. The number of halogens is 3. The van der Waals surface area contributed by atoms with E-state index >= 15 is 0 Å². The summed E-state index contributed by atoms with van der Waals surface area (Å²) in [5, 5.41) is 5.44. The number of hydrogen-bond acceptors (Lipinski definition) is 7. The number of sulfonamides is 1. The Morgan fingerprint density at radius 1 is 1.24 bits per heavy atom. The second-order valence-electron chi connectivity index (χ2n) is 7.54. The molecule has 33 heavy (non-hydrogen) atoms. The number of H-pyrrole nitrogens is 1. The largest absolute Gasteiger partial charge is 0.405 e. The number of carbonyl (C=O) groups excluding carboxylic acids is 1. The van der Waals surface area contributed by atoms with Gasteiger partial charge in [-0.15, -0.1) is 0 Å². The first-order valence-electron chi connectivity index (χ1n) is 9.89. The molecule has 1 amide bonds. The molecule has 0 bridgehead atoms. The highest BCUT2D eigenvalue weighted by Gasteiger charge is 2.53. The smallest absolute Gasteiger partial charge is 0.354 e. The molecule has 176 valence electrons. The van der Waals surface area contributed by atoms with E-state index in [4.69, 9.17) is 0 Å². The predicted molar refractivity (Wildman–Crippen MR) is 114 cm³/mol. The van der Waals surface area contributed by atoms with Crippen molar-refractivity contribution in [3.8, 4) is 11.4 Å². The summed E-state index contributed by atoms with van der Waals surface area (Å²) in [6.45, 7) is -0.751. The van der Waals surface area contributed by atoms with Gasteiger partial charge in [-0.1, -0.05) is 0 Å². The van der Waals surface area contributed by atoms with Crippen LogP contribution < -0.4 is 10.6 Å². The summed E-state index contributed by atoms with van der Waals surface area (Å²) < 4.78 is 63.3. The fourth-order valence-electron chi connectivity index (χ4n) is 3.51. The Balaban J connectivity index is 1.62. The number of pyridine rings is 1. The normalized spacial score (nSPS) is 16.4. The number of aromatic nitrogens is 4. The van der Waals surface area contributed by atoms with Gasteiger partial charge in [-0.2, -0.15) is 17.5 Å². The molecule has 0 aliphatic carbocycles. The zero-order valence-electron chi connectivity index (χ0n) is 17.3. The van der Waals surface area contributed by atoms with Crippen LogP contribution in [0.4, 0.5) is 19.0 Å². The fraction of sp³-hybridized carbons (Fsp3) is 0.368. The number of rotatable bonds is 7. The molecule has 14 heteroatoms. The van der Waals surface area contributed by atoms with Crippen molar-refractivity contribution in [3.63, 3.8) is 0 Å². The van der Waals surface area contributed by atoms with Crippen LogP contribution >= 0.6 is 0 Å². The minimum absolute atomic E-state index is 0.161. The minimum Gasteiger partial charge on any atom is -0.354 e. The molecule has 0 aromatic carbocycles. The molecule has 1 saturated heterocycles. The molecule has 0 spiro atoms. The van der Waals surface area contributed by atoms with Gasteiger partial charge in [-0.05, 0) is 25.1 Å². The summed E-state index contributed by atoms with van der Waals surface area (Å²) in [6.07, 6.45) is 0.112. The van der Waals surface area contributed by atoms with Gasteiger partial charge in [0.05, 0.1) is 5.75 Å². The Bertz CT molecular complexity index is 1290. The molecule has 3 N–H and O–H groups in total. The van der Waals surface area contributed by atoms with Gasteiger partial charge in [0.2, 0.25) is 15.9 Å². The van der Waals surface area contributed by atoms with Crippen LogP contribution in [0.25, 0.3) is 22.4 Å². The number of nitrogens with zero attached hydrogens (tertiary/aromatic N) is 4. The number of alkyl halides is 3. The van der Waals surface area contributed by atoms with E-state index in [0.29, 0.717) is 17.0 Å². The van der Waals surface area contributed by atoms with E-state index in [9.17, 15) is 26.4 Å². The topological polar surface area (TPSA) is 133 Å². The van der Waals surface area contributed by atoms with Gasteiger partial charge in [0.1, 0.15) is 23.5 Å². The first-order chi connectivity index (χ1) is 15.5. The van der Waals surface area contributed by atoms with E-state index in [1.54, 1.807) is 18.5 Å². The van der Waals surface area contributed by atoms with Crippen molar-refractivity contribution in [2.45, 2.75) is 18.6 Å². The lowest BCUT2D eigenvalue weighted by atomic mass is 9.91. The summed E-state index contributed by atoms with van der Waals surface area (Å²) in [5.41, 5.74) is -0.348. The van der Waals surface area contributed by atoms with Crippen LogP contribution in [0.2, 0.25) is 0 Å². The number of amides is 1. The SMILES string of the molecule is CCS(=O)(=O)N1CC(Nc2ccnc(-c3c[nH]c4ncccc34)n2)(C(=O)NCC(F)(F)F)C1. The number of nitrogens with one attached hydrogen (secondary N) is 3. The number of carbonyl (C=O) groups is 1. The van der Waals surface area contributed by atoms with E-state index in [2.05, 4.69) is 25.3 Å². The molecule has 4 rings (SSSR count). The van der Waals surface area contributed by atoms with Crippen LogP contribution in [0.3, 0.4) is 0 Å². The van der Waals surface area contributed by atoms with Crippen molar-refractivity contribution in [3.05, 3.63) is 36.8 Å². The van der Waals surface area contributed by atoms with Gasteiger partial charge >= 0.3 is 6.18 Å². The third kappa shape index (κ3) is 4.61. The molecule has 3 aromatic rings. The second-order valence-corrected chi connectivity index (χ2v) is 9.80. The van der Waals surface area contributed by atoms with Gasteiger partial charge in [-0.25, -0.2) is 23.4 Å². The van der Waals surface area contributed by atoms with Crippen LogP contribution in [0, 0.1) is 0 Å². The standard InChI is InChI=1S/C19H20F3N7O3S/c1-2-33(31,32)29-10-18(11-29,17(30)26-9-19(20,21)22)28-14-5-7-24-16(27-14)13-8-25-15-12(13)4-3-6-23-15/h3-8H,2,9-11H2,1H3,(H,23,25)(H,26,30)(H,24,27,28). The number of anilines is 1. The average Bonchev–Trinajstić information content (AvgIpc) is 3.18. The lowest BCUT2D eigenvalue weighted by Crippen LogP contribution is -2.73. The first-order valence-corrected chi connectivity index (χ1v) is 11.5. The van der Waals surface area contributed by atoms with Crippen LogP contribution in [0.1, 0.15) is 6.92 Å². The lowest BCUT2D eigenvalue weighted by molar-refractivity contribution is -0.143. The van der Waals surface area contributed by atoms with Gasteiger partial charge in [0, 0.05) is 42.6 Å². The molecular formula is C19H20F3N7O3S. The minimum atomic E-state index is -4.61. The third-order valence-corrected chi connectivity index (χ3v) is 7.02. The molecule has 4 heterocycles. The van der Waals surface area contributed by atoms with Crippen LogP contribution in [0.5, 0.6) is 0 Å². The Morgan fingerprint density at radius 2 is 2.00 bits per heavy atom. The maximum atomic E-state index is 12.7. The van der Waals surface area contributed by atoms with E-state index in [1.165, 1.54) is 19.2 Å². The number of aromatic amines is 1. The second kappa shape index (κ2) is 8.26. The molecule has 0 unspecified atom stereocenters. The van der Waals surface area contributed by atoms with Crippen molar-refractivity contribution >= 4 is 32.8 Å². The predicted octanol–water partition coefficient (Wildman–Crippen LogP) is 1.51. The highest BCUT2D eigenvalue weighted by atomic mass is 32.2. The van der Waals surface area contributed by atoms with E-state index in [1.807, 2.05) is 11.4 Å². The van der Waals surface area contributed by atoms with Gasteiger partial charge in [0.25, 0.3) is 0 Å². The summed E-state index contributed by atoms with van der Waals surface area (Å²) >= 11 is 0. The number of fused-ring (bicyclic) bond motifs is 1. The Labute approximate surface area is 186 Å². The molecular weight excluding hydrogens is 463 g/mol. The average molecular weight is 483 g/mol. The van der Waals surface area contributed by atoms with Gasteiger partial charge in [0.15, 0.2) is 5.82 Å². The summed E-state index contributed by atoms with van der Waals surface area (Å²) in [7, 11) is -3.62. The van der Waals surface area contributed by atoms with Crippen molar-refractivity contribution < 1.29 is 26.4 Å². The molecule has 1 fully saturated rings. The zero-order valence-corrected chi connectivity index (χ0v) is 18.2. The highest BCUT2D eigenvalue weighted by molar-refractivity contribution is 7.89. The Morgan fingerprint density at radius 3 is 2.70 bits per heavy atom. The third-order valence-electron chi connectivity index (χ3n) is 5.25. The zero-order chi connectivity index (χ0) is 23.9. The molecule has 0 saturated carbocycles. The van der Waals surface area contributed by atoms with Crippen LogP contribution in [-0.4, -0.2) is 75.7 Å². The molecule has 3 aromatic heterocycles. The molecule has 10 nitrogen and oxygen atoms in total. The molecule has 0 radical (unpaired) electrons. The van der Waals surface area contributed by atoms with Gasteiger partial charge in [-0.3, -0.25) is 4.79 Å². The van der Waals surface area contributed by atoms with Gasteiger partial charge < -0.3 is 15.6 Å². The number of hydrogen-bond donors (Lipinski definition) is 3. The Hall–Kier alpha value is -3.26.